The van der Waals surface area contributed by atoms with E-state index in [0.29, 0.717) is 0 Å². The van der Waals surface area contributed by atoms with Gasteiger partial charge in [0, 0.05) is 6.61 Å². The molecule has 0 radical (unpaired) electrons. The van der Waals surface area contributed by atoms with Gasteiger partial charge in [-0.1, -0.05) is 18.1 Å². The van der Waals surface area contributed by atoms with Crippen LogP contribution in [0.4, 0.5) is 0 Å². The van der Waals surface area contributed by atoms with Crippen LogP contribution in [0.3, 0.4) is 0 Å². The third-order valence-corrected chi connectivity index (χ3v) is 14.2. The molecule has 0 atom stereocenters. The van der Waals surface area contributed by atoms with Crippen LogP contribution >= 0.6 is 0 Å². The minimum Gasteiger partial charge on any atom is -0.427 e. The molecule has 0 bridgehead atoms. The molecule has 0 spiro atoms. The van der Waals surface area contributed by atoms with E-state index in [4.69, 9.17) is 15.9 Å². The molecule has 0 aromatic rings. The zero-order valence-corrected chi connectivity index (χ0v) is 11.5. The Kier molecular flexibility index (Phi) is 5.96. The van der Waals surface area contributed by atoms with Crippen molar-refractivity contribution in [2.24, 2.45) is 11.5 Å². The Hall–Kier alpha value is 0.314. The summed E-state index contributed by atoms with van der Waals surface area (Å²) in [6.45, 7) is 2.74. The van der Waals surface area contributed by atoms with Crippen molar-refractivity contribution in [1.29, 1.82) is 0 Å². The minimum absolute atomic E-state index is 0.197. The van der Waals surface area contributed by atoms with Gasteiger partial charge in [0.25, 0.3) is 0 Å². The van der Waals surface area contributed by atoms with E-state index in [2.05, 4.69) is 0 Å². The maximum absolute atomic E-state index is 5.80. The van der Waals surface area contributed by atoms with Crippen molar-refractivity contribution in [1.82, 2.24) is 0 Å². The second-order valence-electron chi connectivity index (χ2n) is 4.44. The molecule has 0 amide bonds. The summed E-state index contributed by atoms with van der Waals surface area (Å²) in [5.41, 5.74) is 11.2. The summed E-state index contributed by atoms with van der Waals surface area (Å²) in [7, 11) is -1.17. The van der Waals surface area contributed by atoms with Gasteiger partial charge in [-0.15, -0.1) is 0 Å². The molecule has 1 aliphatic rings. The van der Waals surface area contributed by atoms with Crippen molar-refractivity contribution in [3.8, 4) is 0 Å². The summed E-state index contributed by atoms with van der Waals surface area (Å²) in [5.74, 6) is 0. The van der Waals surface area contributed by atoms with Crippen LogP contribution in [0.5, 0.6) is 0 Å². The Morgan fingerprint density at radius 2 is 1.79 bits per heavy atom. The van der Waals surface area contributed by atoms with Gasteiger partial charge in [-0.05, 0) is 32.4 Å². The van der Waals surface area contributed by atoms with Crippen LogP contribution < -0.4 is 11.5 Å². The molecule has 1 saturated heterocycles. The first-order valence-electron chi connectivity index (χ1n) is 5.81. The molecule has 84 valence electrons. The Morgan fingerprint density at radius 1 is 1.14 bits per heavy atom. The zero-order chi connectivity index (χ0) is 10.3. The molecular formula is C9H24N2OSi2. The fourth-order valence-electron chi connectivity index (χ4n) is 2.38. The average molecular weight is 232 g/mol. The van der Waals surface area contributed by atoms with E-state index in [9.17, 15) is 0 Å². The summed E-state index contributed by atoms with van der Waals surface area (Å²) in [5, 5.41) is 0. The largest absolute Gasteiger partial charge is 0.427 e. The summed E-state index contributed by atoms with van der Waals surface area (Å²) < 4.78 is 5.80. The Labute approximate surface area is 90.3 Å². The second kappa shape index (κ2) is 6.73. The summed E-state index contributed by atoms with van der Waals surface area (Å²) in [6, 6.07) is 4.32. The van der Waals surface area contributed by atoms with Gasteiger partial charge in [0.05, 0.1) is 7.59 Å². The van der Waals surface area contributed by atoms with Gasteiger partial charge in [-0.25, -0.2) is 0 Å². The topological polar surface area (TPSA) is 61.3 Å². The van der Waals surface area contributed by atoms with Crippen molar-refractivity contribution in [3.63, 3.8) is 0 Å². The highest BCUT2D eigenvalue weighted by Gasteiger charge is 2.34. The molecule has 1 rings (SSSR count). The molecule has 0 aliphatic carbocycles. The third-order valence-electron chi connectivity index (χ3n) is 3.23. The lowest BCUT2D eigenvalue weighted by Gasteiger charge is -2.34. The minimum atomic E-state index is -0.968. The summed E-state index contributed by atoms with van der Waals surface area (Å²) >= 11 is 0. The lowest BCUT2D eigenvalue weighted by Crippen LogP contribution is -2.47. The predicted octanol–water partition coefficient (Wildman–Crippen LogP) is 0.134. The Morgan fingerprint density at radius 3 is 2.21 bits per heavy atom. The first-order valence-corrected chi connectivity index (χ1v) is 11.3. The van der Waals surface area contributed by atoms with Crippen LogP contribution in [0.2, 0.25) is 18.1 Å². The quantitative estimate of drug-likeness (QED) is 0.640. The van der Waals surface area contributed by atoms with Gasteiger partial charge in [0.2, 0.25) is 0 Å². The van der Waals surface area contributed by atoms with Crippen LogP contribution in [-0.4, -0.2) is 36.6 Å². The fraction of sp³-hybridized carbons (Fsp3) is 1.00. The first-order chi connectivity index (χ1) is 6.83. The van der Waals surface area contributed by atoms with E-state index in [-0.39, 0.29) is 9.28 Å². The van der Waals surface area contributed by atoms with Crippen LogP contribution in [0.1, 0.15) is 19.3 Å². The smallest absolute Gasteiger partial charge is 0.151 e. The maximum atomic E-state index is 5.80. The highest BCUT2D eigenvalue weighted by molar-refractivity contribution is 7.22. The molecule has 4 N–H and O–H groups in total. The van der Waals surface area contributed by atoms with E-state index >= 15 is 0 Å². The van der Waals surface area contributed by atoms with Gasteiger partial charge in [-0.3, -0.25) is 0 Å². The van der Waals surface area contributed by atoms with Crippen molar-refractivity contribution in [2.75, 3.05) is 19.7 Å². The SMILES string of the molecule is NCCC[Si]1(CCCN)CCCO[SiH2]1. The standard InChI is InChI=1S/C9H24N2OSi2/c10-4-1-7-14(8-2-5-11)9-3-6-12-13-14/h1-11,13H2. The second-order valence-corrected chi connectivity index (χ2v) is 15.0. The van der Waals surface area contributed by atoms with Gasteiger partial charge in [0.15, 0.2) is 9.28 Å². The summed E-state index contributed by atoms with van der Waals surface area (Å²) in [4.78, 5) is 0. The van der Waals surface area contributed by atoms with Crippen LogP contribution in [0.15, 0.2) is 0 Å². The molecule has 3 nitrogen and oxygen atoms in total. The van der Waals surface area contributed by atoms with E-state index in [1.54, 1.807) is 0 Å². The van der Waals surface area contributed by atoms with Crippen molar-refractivity contribution in [2.45, 2.75) is 37.4 Å². The van der Waals surface area contributed by atoms with Gasteiger partial charge < -0.3 is 15.9 Å². The van der Waals surface area contributed by atoms with E-state index < -0.39 is 7.59 Å². The monoisotopic (exact) mass is 232 g/mol. The predicted molar refractivity (Wildman–Crippen MR) is 66.6 cm³/mol. The number of nitrogens with two attached hydrogens (primary N) is 2. The highest BCUT2D eigenvalue weighted by atomic mass is 29.2. The number of hydrogen-bond donors (Lipinski definition) is 2. The molecule has 5 heteroatoms. The van der Waals surface area contributed by atoms with Crippen LogP contribution in [-0.2, 0) is 4.43 Å². The molecular weight excluding hydrogens is 208 g/mol. The third kappa shape index (κ3) is 3.82. The molecule has 1 heterocycles. The molecule has 0 aromatic carbocycles. The Balaban J connectivity index is 2.39. The zero-order valence-electron chi connectivity index (χ0n) is 9.13. The van der Waals surface area contributed by atoms with E-state index in [0.717, 1.165) is 19.7 Å². The molecule has 0 saturated carbocycles. The highest BCUT2D eigenvalue weighted by Crippen LogP contribution is 2.27. The Bertz CT molecular complexity index is 142. The van der Waals surface area contributed by atoms with Crippen molar-refractivity contribution >= 4 is 16.9 Å². The lowest BCUT2D eigenvalue weighted by molar-refractivity contribution is 0.332. The van der Waals surface area contributed by atoms with Gasteiger partial charge in [-0.2, -0.15) is 0 Å². The molecule has 14 heavy (non-hydrogen) atoms. The number of hydrogen-bond acceptors (Lipinski definition) is 3. The van der Waals surface area contributed by atoms with Crippen molar-refractivity contribution in [3.05, 3.63) is 0 Å². The summed E-state index contributed by atoms with van der Waals surface area (Å²) in [6.07, 6.45) is 3.73. The van der Waals surface area contributed by atoms with Gasteiger partial charge in [0.1, 0.15) is 0 Å². The van der Waals surface area contributed by atoms with Crippen LogP contribution in [0.25, 0.3) is 0 Å². The number of rotatable bonds is 6. The molecule has 0 aromatic heterocycles. The first kappa shape index (κ1) is 12.4. The van der Waals surface area contributed by atoms with E-state index in [1.807, 2.05) is 0 Å². The van der Waals surface area contributed by atoms with Crippen LogP contribution in [0, 0.1) is 0 Å². The molecule has 1 aliphatic heterocycles. The maximum Gasteiger partial charge on any atom is 0.151 e. The van der Waals surface area contributed by atoms with E-state index in [1.165, 1.54) is 37.4 Å². The van der Waals surface area contributed by atoms with Crippen molar-refractivity contribution < 1.29 is 4.43 Å². The normalized spacial score (nSPS) is 22.7. The lowest BCUT2D eigenvalue weighted by atomic mass is 10.5. The average Bonchev–Trinajstić information content (AvgIpc) is 2.25. The fourth-order valence-corrected chi connectivity index (χ4v) is 12.4. The van der Waals surface area contributed by atoms with Gasteiger partial charge >= 0.3 is 0 Å². The molecule has 0 unspecified atom stereocenters. The molecule has 1 fully saturated rings.